The van der Waals surface area contributed by atoms with Crippen molar-refractivity contribution in [1.29, 1.82) is 0 Å². The number of amides is 2. The minimum Gasteiger partial charge on any atom is -0.495 e. The topological polar surface area (TPSA) is 109 Å². The number of carbonyl (C=O) groups is 3. The number of nitrogens with zero attached hydrogens (tertiary/aromatic N) is 2. The fourth-order valence-corrected chi connectivity index (χ4v) is 5.07. The predicted molar refractivity (Wildman–Crippen MR) is 148 cm³/mol. The van der Waals surface area contributed by atoms with Crippen LogP contribution in [0.15, 0.2) is 59.5 Å². The van der Waals surface area contributed by atoms with E-state index in [2.05, 4.69) is 10.3 Å². The summed E-state index contributed by atoms with van der Waals surface area (Å²) in [7, 11) is 1.33. The molecule has 2 aromatic carbocycles. The van der Waals surface area contributed by atoms with E-state index in [1.807, 2.05) is 0 Å². The molecule has 0 radical (unpaired) electrons. The molecule has 1 saturated heterocycles. The van der Waals surface area contributed by atoms with Crippen LogP contribution in [-0.4, -0.2) is 50.7 Å². The van der Waals surface area contributed by atoms with Crippen LogP contribution < -0.4 is 10.1 Å². The van der Waals surface area contributed by atoms with Crippen molar-refractivity contribution in [2.24, 2.45) is 0 Å². The molecule has 212 valence electrons. The number of carboxylic acid groups (broad SMARTS) is 1. The second-order valence-corrected chi connectivity index (χ2v) is 10.2. The molecular formula is C27H19F4N3O5S2. The van der Waals surface area contributed by atoms with E-state index in [0.29, 0.717) is 6.07 Å². The maximum atomic E-state index is 13.7. The Labute approximate surface area is 240 Å². The highest BCUT2D eigenvalue weighted by Gasteiger charge is 2.35. The molecule has 0 unspecified atom stereocenters. The number of nitrogens with one attached hydrogen (secondary N) is 1. The molecule has 1 aromatic heterocycles. The summed E-state index contributed by atoms with van der Waals surface area (Å²) in [5.74, 6) is -3.36. The number of carboxylic acids is 1. The van der Waals surface area contributed by atoms with E-state index in [4.69, 9.17) is 22.1 Å². The summed E-state index contributed by atoms with van der Waals surface area (Å²) in [6.45, 7) is -0.0490. The number of thiocarbonyl (C=S) groups is 1. The first-order valence-electron chi connectivity index (χ1n) is 11.7. The van der Waals surface area contributed by atoms with Gasteiger partial charge in [0.25, 0.3) is 5.91 Å². The Balaban J connectivity index is 1.45. The van der Waals surface area contributed by atoms with Gasteiger partial charge in [-0.15, -0.1) is 0 Å². The number of hydrogen-bond acceptors (Lipinski definition) is 7. The molecule has 2 heterocycles. The molecule has 8 nitrogen and oxygen atoms in total. The molecule has 0 atom stereocenters. The van der Waals surface area contributed by atoms with Gasteiger partial charge in [0.1, 0.15) is 15.9 Å². The van der Waals surface area contributed by atoms with Crippen LogP contribution in [0.3, 0.4) is 0 Å². The lowest BCUT2D eigenvalue weighted by atomic mass is 10.1. The van der Waals surface area contributed by atoms with Gasteiger partial charge in [-0.3, -0.25) is 14.5 Å². The van der Waals surface area contributed by atoms with Gasteiger partial charge in [0.05, 0.1) is 40.2 Å². The van der Waals surface area contributed by atoms with Crippen molar-refractivity contribution >= 4 is 57.8 Å². The average Bonchev–Trinajstić information content (AvgIpc) is 3.18. The Morgan fingerprint density at radius 2 is 1.93 bits per heavy atom. The quantitative estimate of drug-likeness (QED) is 0.187. The Morgan fingerprint density at radius 3 is 2.61 bits per heavy atom. The van der Waals surface area contributed by atoms with Crippen LogP contribution in [0.4, 0.5) is 23.2 Å². The minimum absolute atomic E-state index is 0.0204. The number of carbonyl (C=O) groups excluding carboxylic acids is 2. The zero-order chi connectivity index (χ0) is 29.9. The van der Waals surface area contributed by atoms with Gasteiger partial charge in [-0.05, 0) is 54.6 Å². The molecular weight excluding hydrogens is 586 g/mol. The summed E-state index contributed by atoms with van der Waals surface area (Å²) in [5.41, 5.74) is -0.737. The maximum absolute atomic E-state index is 13.7. The largest absolute Gasteiger partial charge is 0.495 e. The number of halogens is 4. The summed E-state index contributed by atoms with van der Waals surface area (Å²) in [6.07, 6.45) is -3.59. The van der Waals surface area contributed by atoms with E-state index < -0.39 is 35.3 Å². The third-order valence-corrected chi connectivity index (χ3v) is 7.15. The number of aromatic carboxylic acids is 1. The summed E-state index contributed by atoms with van der Waals surface area (Å²) in [6, 6.07) is 11.1. The Bertz CT molecular complexity index is 1590. The number of ether oxygens (including phenoxy) is 1. The molecule has 0 bridgehead atoms. The van der Waals surface area contributed by atoms with Crippen molar-refractivity contribution in [2.45, 2.75) is 12.6 Å². The van der Waals surface area contributed by atoms with E-state index in [0.717, 1.165) is 17.8 Å². The molecule has 1 fully saturated rings. The highest BCUT2D eigenvalue weighted by atomic mass is 32.2. The standard InChI is InChI=1S/C27H19F4N3O5S2/c1-39-21-12-15(25(37)38)6-8-20(21)33-23(35)9-10-34-24(36)22(41-26(34)40)13-16-3-2-4-19(32-16)14-5-7-18(28)17(11-14)27(29,30)31/h2-8,11-13H,9-10H2,1H3,(H,33,35)(H,37,38)/b22-13-. The Morgan fingerprint density at radius 1 is 1.17 bits per heavy atom. The van der Waals surface area contributed by atoms with Crippen LogP contribution in [0, 0.1) is 5.82 Å². The van der Waals surface area contributed by atoms with Crippen molar-refractivity contribution in [3.8, 4) is 17.0 Å². The number of aromatic nitrogens is 1. The zero-order valence-electron chi connectivity index (χ0n) is 21.0. The molecule has 0 aliphatic carbocycles. The van der Waals surface area contributed by atoms with Crippen LogP contribution in [-0.2, 0) is 15.8 Å². The maximum Gasteiger partial charge on any atom is 0.419 e. The first kappa shape index (κ1) is 29.7. The third-order valence-electron chi connectivity index (χ3n) is 5.78. The summed E-state index contributed by atoms with van der Waals surface area (Å²) >= 11 is 6.27. The Hall–Kier alpha value is -4.30. The van der Waals surface area contributed by atoms with E-state index >= 15 is 0 Å². The summed E-state index contributed by atoms with van der Waals surface area (Å²) in [5, 5.41) is 11.7. The number of pyridine rings is 1. The average molecular weight is 606 g/mol. The molecule has 3 aromatic rings. The third kappa shape index (κ3) is 6.89. The number of rotatable bonds is 8. The summed E-state index contributed by atoms with van der Waals surface area (Å²) < 4.78 is 58.4. The molecule has 1 aliphatic rings. The van der Waals surface area contributed by atoms with Gasteiger partial charge in [-0.1, -0.05) is 30.0 Å². The summed E-state index contributed by atoms with van der Waals surface area (Å²) in [4.78, 5) is 42.4. The molecule has 1 aliphatic heterocycles. The van der Waals surface area contributed by atoms with Gasteiger partial charge in [0.15, 0.2) is 0 Å². The number of thioether (sulfide) groups is 1. The second-order valence-electron chi connectivity index (χ2n) is 8.49. The molecule has 2 amide bonds. The Kier molecular flexibility index (Phi) is 8.73. The zero-order valence-corrected chi connectivity index (χ0v) is 22.6. The molecule has 41 heavy (non-hydrogen) atoms. The van der Waals surface area contributed by atoms with Gasteiger partial charge in [0, 0.05) is 18.5 Å². The molecule has 2 N–H and O–H groups in total. The molecule has 4 rings (SSSR count). The fourth-order valence-electron chi connectivity index (χ4n) is 3.78. The number of methoxy groups -OCH3 is 1. The minimum atomic E-state index is -4.88. The van der Waals surface area contributed by atoms with E-state index in [1.54, 1.807) is 6.07 Å². The second kappa shape index (κ2) is 12.1. The first-order valence-corrected chi connectivity index (χ1v) is 12.9. The van der Waals surface area contributed by atoms with Gasteiger partial charge in [0.2, 0.25) is 5.91 Å². The van der Waals surface area contributed by atoms with Crippen molar-refractivity contribution in [2.75, 3.05) is 19.0 Å². The van der Waals surface area contributed by atoms with Crippen LogP contribution in [0.25, 0.3) is 17.3 Å². The fraction of sp³-hybridized carbons (Fsp3) is 0.148. The van der Waals surface area contributed by atoms with E-state index in [-0.39, 0.29) is 56.1 Å². The number of benzene rings is 2. The van der Waals surface area contributed by atoms with Gasteiger partial charge in [-0.25, -0.2) is 14.2 Å². The molecule has 0 saturated carbocycles. The lowest BCUT2D eigenvalue weighted by Crippen LogP contribution is -2.31. The van der Waals surface area contributed by atoms with E-state index in [9.17, 15) is 31.9 Å². The monoisotopic (exact) mass is 605 g/mol. The van der Waals surface area contributed by atoms with Crippen molar-refractivity contribution in [3.05, 3.63) is 82.1 Å². The highest BCUT2D eigenvalue weighted by molar-refractivity contribution is 8.26. The normalized spacial score (nSPS) is 14.5. The highest BCUT2D eigenvalue weighted by Crippen LogP contribution is 2.35. The first-order chi connectivity index (χ1) is 19.4. The van der Waals surface area contributed by atoms with Crippen LogP contribution in [0.2, 0.25) is 0 Å². The van der Waals surface area contributed by atoms with Gasteiger partial charge in [-0.2, -0.15) is 13.2 Å². The van der Waals surface area contributed by atoms with Gasteiger partial charge >= 0.3 is 12.1 Å². The van der Waals surface area contributed by atoms with Crippen LogP contribution >= 0.6 is 24.0 Å². The lowest BCUT2D eigenvalue weighted by molar-refractivity contribution is -0.140. The lowest BCUT2D eigenvalue weighted by Gasteiger charge is -2.15. The number of hydrogen-bond donors (Lipinski definition) is 2. The number of alkyl halides is 3. The molecule has 14 heteroatoms. The van der Waals surface area contributed by atoms with Gasteiger partial charge < -0.3 is 15.2 Å². The van der Waals surface area contributed by atoms with Crippen molar-refractivity contribution in [1.82, 2.24) is 9.88 Å². The van der Waals surface area contributed by atoms with Crippen molar-refractivity contribution in [3.63, 3.8) is 0 Å². The predicted octanol–water partition coefficient (Wildman–Crippen LogP) is 5.84. The van der Waals surface area contributed by atoms with Crippen LogP contribution in [0.1, 0.15) is 28.0 Å². The smallest absolute Gasteiger partial charge is 0.419 e. The van der Waals surface area contributed by atoms with Crippen molar-refractivity contribution < 1.29 is 41.8 Å². The van der Waals surface area contributed by atoms with E-state index in [1.165, 1.54) is 54.5 Å². The SMILES string of the molecule is COc1cc(C(=O)O)ccc1NC(=O)CCN1C(=O)/C(=C/c2cccc(-c3ccc(F)c(C(F)(F)F)c3)n2)SC1=S. The van der Waals surface area contributed by atoms with Crippen LogP contribution in [0.5, 0.6) is 5.75 Å². The molecule has 0 spiro atoms. The number of anilines is 1.